The first kappa shape index (κ1) is 11.1. The predicted molar refractivity (Wildman–Crippen MR) is 72.8 cm³/mol. The molecule has 2 nitrogen and oxygen atoms in total. The van der Waals surface area contributed by atoms with Crippen LogP contribution in [0.25, 0.3) is 10.9 Å². The summed E-state index contributed by atoms with van der Waals surface area (Å²) in [5.74, 6) is 0. The molecule has 0 spiro atoms. The zero-order valence-electron chi connectivity index (χ0n) is 10.3. The highest BCUT2D eigenvalue weighted by atomic mass is 35.5. The lowest BCUT2D eigenvalue weighted by Crippen LogP contribution is -2.31. The Balaban J connectivity index is 2.22. The minimum absolute atomic E-state index is 0.615. The molecule has 0 fully saturated rings. The largest absolute Gasteiger partial charge is 0.347 e. The quantitative estimate of drug-likeness (QED) is 0.821. The van der Waals surface area contributed by atoms with Crippen molar-refractivity contribution < 1.29 is 0 Å². The van der Waals surface area contributed by atoms with Gasteiger partial charge in [-0.1, -0.05) is 17.7 Å². The number of aromatic nitrogens is 1. The molecule has 1 unspecified atom stereocenters. The molecule has 0 saturated carbocycles. The van der Waals surface area contributed by atoms with Crippen molar-refractivity contribution >= 4 is 22.5 Å². The van der Waals surface area contributed by atoms with Crippen LogP contribution in [0.4, 0.5) is 0 Å². The predicted octanol–water partition coefficient (Wildman–Crippen LogP) is 2.91. The second-order valence-electron chi connectivity index (χ2n) is 4.87. The maximum absolute atomic E-state index is 6.08. The van der Waals surface area contributed by atoms with Gasteiger partial charge >= 0.3 is 0 Å². The van der Waals surface area contributed by atoms with Crippen molar-refractivity contribution in [3.63, 3.8) is 0 Å². The Morgan fingerprint density at radius 2 is 2.24 bits per heavy atom. The lowest BCUT2D eigenvalue weighted by molar-refractivity contribution is 0.488. The molecule has 1 aromatic carbocycles. The van der Waals surface area contributed by atoms with E-state index in [1.807, 2.05) is 6.07 Å². The molecule has 0 bridgehead atoms. The first-order valence-electron chi connectivity index (χ1n) is 6.13. The number of aryl methyl sites for hydroxylation is 1. The molecule has 3 rings (SSSR count). The summed E-state index contributed by atoms with van der Waals surface area (Å²) in [6.07, 6.45) is 3.51. The zero-order valence-corrected chi connectivity index (χ0v) is 11.0. The van der Waals surface area contributed by atoms with E-state index in [0.29, 0.717) is 6.04 Å². The first-order valence-corrected chi connectivity index (χ1v) is 6.51. The molecule has 1 aliphatic rings. The lowest BCUT2D eigenvalue weighted by atomic mass is 9.91. The van der Waals surface area contributed by atoms with Crippen LogP contribution in [-0.4, -0.2) is 17.7 Å². The Morgan fingerprint density at radius 3 is 3.00 bits per heavy atom. The van der Waals surface area contributed by atoms with E-state index in [9.17, 15) is 0 Å². The van der Waals surface area contributed by atoms with Crippen LogP contribution in [0.1, 0.15) is 17.7 Å². The summed E-state index contributed by atoms with van der Waals surface area (Å²) in [6, 6.07) is 6.84. The summed E-state index contributed by atoms with van der Waals surface area (Å²) in [7, 11) is 4.20. The van der Waals surface area contributed by atoms with Gasteiger partial charge in [0.15, 0.2) is 0 Å². The van der Waals surface area contributed by atoms with Gasteiger partial charge in [-0.15, -0.1) is 0 Å². The van der Waals surface area contributed by atoms with Crippen LogP contribution in [-0.2, 0) is 19.9 Å². The van der Waals surface area contributed by atoms with Crippen molar-refractivity contribution in [3.05, 3.63) is 34.5 Å². The molecule has 0 amide bonds. The molecule has 0 aliphatic heterocycles. The van der Waals surface area contributed by atoms with Crippen molar-refractivity contribution in [2.75, 3.05) is 7.05 Å². The number of hydrogen-bond acceptors (Lipinski definition) is 1. The van der Waals surface area contributed by atoms with E-state index in [2.05, 4.69) is 36.1 Å². The van der Waals surface area contributed by atoms with E-state index in [1.54, 1.807) is 0 Å². The molecule has 0 saturated heterocycles. The van der Waals surface area contributed by atoms with Crippen LogP contribution >= 0.6 is 11.6 Å². The molecular formula is C14H17ClN2. The number of benzene rings is 1. The third-order valence-electron chi connectivity index (χ3n) is 3.99. The summed E-state index contributed by atoms with van der Waals surface area (Å²) in [4.78, 5) is 0. The number of nitrogens with one attached hydrogen (secondary N) is 1. The lowest BCUT2D eigenvalue weighted by Gasteiger charge is -2.22. The second-order valence-corrected chi connectivity index (χ2v) is 5.31. The van der Waals surface area contributed by atoms with Gasteiger partial charge in [-0.05, 0) is 44.0 Å². The van der Waals surface area contributed by atoms with E-state index in [-0.39, 0.29) is 0 Å². The highest BCUT2D eigenvalue weighted by molar-refractivity contribution is 6.31. The Labute approximate surface area is 107 Å². The minimum Gasteiger partial charge on any atom is -0.347 e. The fraction of sp³-hybridized carbons (Fsp3) is 0.429. The van der Waals surface area contributed by atoms with Gasteiger partial charge in [0.2, 0.25) is 0 Å². The summed E-state index contributed by atoms with van der Waals surface area (Å²) >= 11 is 6.08. The van der Waals surface area contributed by atoms with Crippen molar-refractivity contribution in [3.8, 4) is 0 Å². The van der Waals surface area contributed by atoms with E-state index < -0.39 is 0 Å². The van der Waals surface area contributed by atoms with Crippen LogP contribution in [0.15, 0.2) is 18.2 Å². The van der Waals surface area contributed by atoms with Crippen LogP contribution in [0.2, 0.25) is 5.02 Å². The van der Waals surface area contributed by atoms with Crippen molar-refractivity contribution in [2.45, 2.75) is 25.3 Å². The van der Waals surface area contributed by atoms with E-state index in [0.717, 1.165) is 17.9 Å². The topological polar surface area (TPSA) is 17.0 Å². The van der Waals surface area contributed by atoms with Crippen molar-refractivity contribution in [1.82, 2.24) is 9.88 Å². The molecule has 1 N–H and O–H groups in total. The van der Waals surface area contributed by atoms with Gasteiger partial charge in [0, 0.05) is 34.7 Å². The average Bonchev–Trinajstić information content (AvgIpc) is 2.62. The van der Waals surface area contributed by atoms with Gasteiger partial charge < -0.3 is 9.88 Å². The second kappa shape index (κ2) is 4.04. The molecule has 1 atom stereocenters. The van der Waals surface area contributed by atoms with Gasteiger partial charge in [-0.25, -0.2) is 0 Å². The number of hydrogen-bond donors (Lipinski definition) is 1. The summed E-state index contributed by atoms with van der Waals surface area (Å²) in [6.45, 7) is 0. The molecule has 1 aromatic heterocycles. The smallest absolute Gasteiger partial charge is 0.0497 e. The molecule has 2 aromatic rings. The molecular weight excluding hydrogens is 232 g/mol. The van der Waals surface area contributed by atoms with Gasteiger partial charge in [-0.3, -0.25) is 0 Å². The number of rotatable bonds is 1. The average molecular weight is 249 g/mol. The summed E-state index contributed by atoms with van der Waals surface area (Å²) in [5, 5.41) is 5.58. The van der Waals surface area contributed by atoms with Gasteiger partial charge in [-0.2, -0.15) is 0 Å². The van der Waals surface area contributed by atoms with Crippen LogP contribution < -0.4 is 5.32 Å². The van der Waals surface area contributed by atoms with E-state index in [1.165, 1.54) is 28.6 Å². The maximum atomic E-state index is 6.08. The molecule has 90 valence electrons. The van der Waals surface area contributed by atoms with Gasteiger partial charge in [0.05, 0.1) is 0 Å². The normalized spacial score (nSPS) is 19.6. The van der Waals surface area contributed by atoms with Crippen LogP contribution in [0.3, 0.4) is 0 Å². The molecule has 1 aliphatic carbocycles. The standard InChI is InChI=1S/C14H17ClN2/c1-16-10-4-6-13-12(8-10)11-5-3-9(15)7-14(11)17(13)2/h3,5,7,10,16H,4,6,8H2,1-2H3. The van der Waals surface area contributed by atoms with Gasteiger partial charge in [0.25, 0.3) is 0 Å². The van der Waals surface area contributed by atoms with Crippen molar-refractivity contribution in [2.24, 2.45) is 7.05 Å². The van der Waals surface area contributed by atoms with Crippen LogP contribution in [0.5, 0.6) is 0 Å². The SMILES string of the molecule is CNC1CCc2c(c3ccc(Cl)cc3n2C)C1. The Bertz CT molecular complexity index is 571. The highest BCUT2D eigenvalue weighted by Crippen LogP contribution is 2.32. The number of fused-ring (bicyclic) bond motifs is 3. The monoisotopic (exact) mass is 248 g/mol. The molecule has 0 radical (unpaired) electrons. The minimum atomic E-state index is 0.615. The molecule has 17 heavy (non-hydrogen) atoms. The third-order valence-corrected chi connectivity index (χ3v) is 4.22. The first-order chi connectivity index (χ1) is 8.20. The fourth-order valence-electron chi connectivity index (χ4n) is 2.99. The maximum Gasteiger partial charge on any atom is 0.0497 e. The van der Waals surface area contributed by atoms with Crippen molar-refractivity contribution in [1.29, 1.82) is 0 Å². The number of likely N-dealkylation sites (N-methyl/N-ethyl adjacent to an activating group) is 1. The van der Waals surface area contributed by atoms with Crippen LogP contribution in [0, 0.1) is 0 Å². The van der Waals surface area contributed by atoms with E-state index in [4.69, 9.17) is 11.6 Å². The summed E-state index contributed by atoms with van der Waals surface area (Å²) in [5.41, 5.74) is 4.25. The fourth-order valence-corrected chi connectivity index (χ4v) is 3.16. The highest BCUT2D eigenvalue weighted by Gasteiger charge is 2.23. The van der Waals surface area contributed by atoms with E-state index >= 15 is 0 Å². The number of halogens is 1. The number of nitrogens with zero attached hydrogens (tertiary/aromatic N) is 1. The Morgan fingerprint density at radius 1 is 1.41 bits per heavy atom. The molecule has 1 heterocycles. The van der Waals surface area contributed by atoms with Gasteiger partial charge in [0.1, 0.15) is 0 Å². The Kier molecular flexibility index (Phi) is 2.64. The summed E-state index contributed by atoms with van der Waals surface area (Å²) < 4.78 is 2.31. The zero-order chi connectivity index (χ0) is 12.0. The molecule has 3 heteroatoms. The third kappa shape index (κ3) is 1.67. The Hall–Kier alpha value is -0.990.